The molecule has 0 spiro atoms. The number of nitrogens with one attached hydrogen (secondary N) is 2. The molecule has 6 heteroatoms. The Morgan fingerprint density at radius 3 is 2.56 bits per heavy atom. The van der Waals surface area contributed by atoms with E-state index in [4.69, 9.17) is 14.5 Å². The van der Waals surface area contributed by atoms with Crippen molar-refractivity contribution in [3.63, 3.8) is 0 Å². The molecule has 0 aliphatic carbocycles. The van der Waals surface area contributed by atoms with Gasteiger partial charge in [-0.15, -0.1) is 0 Å². The predicted molar refractivity (Wildman–Crippen MR) is 113 cm³/mol. The van der Waals surface area contributed by atoms with Crippen molar-refractivity contribution < 1.29 is 9.47 Å². The van der Waals surface area contributed by atoms with Crippen LogP contribution in [0.1, 0.15) is 19.4 Å². The average molecular weight is 370 g/mol. The van der Waals surface area contributed by atoms with E-state index in [0.717, 1.165) is 29.4 Å². The third-order valence-electron chi connectivity index (χ3n) is 3.92. The van der Waals surface area contributed by atoms with Gasteiger partial charge in [-0.1, -0.05) is 12.1 Å². The molecule has 27 heavy (non-hydrogen) atoms. The highest BCUT2D eigenvalue weighted by Crippen LogP contribution is 2.30. The zero-order valence-electron chi connectivity index (χ0n) is 16.9. The minimum Gasteiger partial charge on any atom is -0.493 e. The number of guanidine groups is 1. The van der Waals surface area contributed by atoms with Crippen molar-refractivity contribution in [3.8, 4) is 11.5 Å². The van der Waals surface area contributed by atoms with Gasteiger partial charge < -0.3 is 25.0 Å². The van der Waals surface area contributed by atoms with E-state index in [9.17, 15) is 0 Å². The van der Waals surface area contributed by atoms with Crippen molar-refractivity contribution in [2.45, 2.75) is 20.4 Å². The van der Waals surface area contributed by atoms with Gasteiger partial charge in [0.05, 0.1) is 20.3 Å². The van der Waals surface area contributed by atoms with Crippen LogP contribution in [0.2, 0.25) is 0 Å². The molecule has 0 aliphatic rings. The van der Waals surface area contributed by atoms with Gasteiger partial charge in [0.1, 0.15) is 0 Å². The first-order valence-corrected chi connectivity index (χ1v) is 9.19. The van der Waals surface area contributed by atoms with Crippen LogP contribution in [-0.4, -0.2) is 40.3 Å². The van der Waals surface area contributed by atoms with Crippen LogP contribution in [-0.2, 0) is 6.54 Å². The monoisotopic (exact) mass is 370 g/mol. The summed E-state index contributed by atoms with van der Waals surface area (Å²) in [5.41, 5.74) is 3.21. The van der Waals surface area contributed by atoms with E-state index >= 15 is 0 Å². The zero-order chi connectivity index (χ0) is 19.6. The first kappa shape index (κ1) is 20.4. The molecule has 0 bridgehead atoms. The lowest BCUT2D eigenvalue weighted by Gasteiger charge is -2.15. The summed E-state index contributed by atoms with van der Waals surface area (Å²) in [5.74, 6) is 2.14. The van der Waals surface area contributed by atoms with Gasteiger partial charge in [-0.3, -0.25) is 0 Å². The molecule has 0 aromatic heterocycles. The Kier molecular flexibility index (Phi) is 7.79. The van der Waals surface area contributed by atoms with E-state index < -0.39 is 0 Å². The molecule has 6 nitrogen and oxygen atoms in total. The quantitative estimate of drug-likeness (QED) is 0.548. The number of methoxy groups -OCH3 is 1. The largest absolute Gasteiger partial charge is 0.493 e. The van der Waals surface area contributed by atoms with Crippen molar-refractivity contribution in [1.29, 1.82) is 0 Å². The fraction of sp³-hybridized carbons (Fsp3) is 0.381. The number of benzene rings is 2. The molecular weight excluding hydrogens is 340 g/mol. The molecule has 0 radical (unpaired) electrons. The second-order valence-corrected chi connectivity index (χ2v) is 6.18. The molecule has 0 atom stereocenters. The number of hydrogen-bond donors (Lipinski definition) is 2. The van der Waals surface area contributed by atoms with Gasteiger partial charge in [0, 0.05) is 38.1 Å². The molecule has 0 saturated heterocycles. The van der Waals surface area contributed by atoms with E-state index in [1.165, 1.54) is 0 Å². The van der Waals surface area contributed by atoms with Crippen LogP contribution in [0.25, 0.3) is 0 Å². The molecule has 0 unspecified atom stereocenters. The minimum atomic E-state index is 0.580. The Balaban J connectivity index is 2.16. The first-order valence-electron chi connectivity index (χ1n) is 9.19. The smallest absolute Gasteiger partial charge is 0.196 e. The summed E-state index contributed by atoms with van der Waals surface area (Å²) in [4.78, 5) is 6.79. The zero-order valence-corrected chi connectivity index (χ0v) is 16.9. The number of anilines is 2. The highest BCUT2D eigenvalue weighted by molar-refractivity contribution is 5.93. The van der Waals surface area contributed by atoms with Crippen molar-refractivity contribution in [1.82, 2.24) is 5.32 Å². The molecule has 0 fully saturated rings. The molecule has 2 aromatic rings. The van der Waals surface area contributed by atoms with Crippen LogP contribution >= 0.6 is 0 Å². The van der Waals surface area contributed by atoms with Gasteiger partial charge in [-0.2, -0.15) is 0 Å². The van der Waals surface area contributed by atoms with E-state index in [1.807, 2.05) is 46.1 Å². The second-order valence-electron chi connectivity index (χ2n) is 6.18. The van der Waals surface area contributed by atoms with Gasteiger partial charge in [-0.05, 0) is 43.7 Å². The van der Waals surface area contributed by atoms with Crippen molar-refractivity contribution >= 4 is 17.3 Å². The minimum absolute atomic E-state index is 0.580. The number of ether oxygens (including phenoxy) is 2. The number of aliphatic imine (C=N–C) groups is 1. The van der Waals surface area contributed by atoms with Gasteiger partial charge in [-0.25, -0.2) is 4.99 Å². The third kappa shape index (κ3) is 6.09. The summed E-state index contributed by atoms with van der Waals surface area (Å²) in [7, 11) is 5.71. The maximum Gasteiger partial charge on any atom is 0.196 e. The molecule has 0 amide bonds. The van der Waals surface area contributed by atoms with Crippen LogP contribution in [0.5, 0.6) is 11.5 Å². The molecule has 146 valence electrons. The lowest BCUT2D eigenvalue weighted by Crippen LogP contribution is -2.30. The lowest BCUT2D eigenvalue weighted by molar-refractivity contribution is 0.311. The summed E-state index contributed by atoms with van der Waals surface area (Å²) in [6.07, 6.45) is 0. The fourth-order valence-electron chi connectivity index (χ4n) is 2.57. The number of rotatable bonds is 8. The first-order chi connectivity index (χ1) is 13.1. The number of hydrogen-bond acceptors (Lipinski definition) is 4. The summed E-state index contributed by atoms with van der Waals surface area (Å²) in [6.45, 7) is 5.94. The highest BCUT2D eigenvalue weighted by Gasteiger charge is 2.07. The van der Waals surface area contributed by atoms with Crippen molar-refractivity contribution in [2.75, 3.05) is 44.6 Å². The number of nitrogens with zero attached hydrogens (tertiary/aromatic N) is 2. The highest BCUT2D eigenvalue weighted by atomic mass is 16.5. The third-order valence-corrected chi connectivity index (χ3v) is 3.92. The molecule has 2 N–H and O–H groups in total. The van der Waals surface area contributed by atoms with Crippen LogP contribution in [0.15, 0.2) is 47.5 Å². The molecule has 0 heterocycles. The van der Waals surface area contributed by atoms with E-state index in [-0.39, 0.29) is 0 Å². The topological polar surface area (TPSA) is 58.1 Å². The Hall–Kier alpha value is -2.89. The van der Waals surface area contributed by atoms with Crippen LogP contribution in [0, 0.1) is 0 Å². The fourth-order valence-corrected chi connectivity index (χ4v) is 2.57. The molecular formula is C21H30N4O2. The second kappa shape index (κ2) is 10.3. The predicted octanol–water partition coefficient (Wildman–Crippen LogP) is 3.74. The lowest BCUT2D eigenvalue weighted by atomic mass is 10.2. The SMILES string of the molecule is CCNC(=NCc1cccc(N(C)C)c1)Nc1ccc(OC)c(OCC)c1. The van der Waals surface area contributed by atoms with Gasteiger partial charge in [0.2, 0.25) is 0 Å². The standard InChI is InChI=1S/C21H30N4O2/c1-6-22-21(23-15-16-9-8-10-18(13-16)25(3)4)24-17-11-12-19(26-5)20(14-17)27-7-2/h8-14H,6-7,15H2,1-5H3,(H2,22,23,24). The summed E-state index contributed by atoms with van der Waals surface area (Å²) < 4.78 is 11.0. The Morgan fingerprint density at radius 1 is 1.07 bits per heavy atom. The van der Waals surface area contributed by atoms with E-state index in [0.29, 0.717) is 24.7 Å². The van der Waals surface area contributed by atoms with Crippen molar-refractivity contribution in [3.05, 3.63) is 48.0 Å². The Bertz CT molecular complexity index is 760. The molecule has 2 aromatic carbocycles. The molecule has 0 saturated carbocycles. The molecule has 0 aliphatic heterocycles. The summed E-state index contributed by atoms with van der Waals surface area (Å²) >= 11 is 0. The Labute approximate surface area is 162 Å². The maximum atomic E-state index is 5.65. The van der Waals surface area contributed by atoms with E-state index in [1.54, 1.807) is 7.11 Å². The van der Waals surface area contributed by atoms with Crippen molar-refractivity contribution in [2.24, 2.45) is 4.99 Å². The van der Waals surface area contributed by atoms with E-state index in [2.05, 4.69) is 39.8 Å². The summed E-state index contributed by atoms with van der Waals surface area (Å²) in [5, 5.41) is 6.61. The molecule has 2 rings (SSSR count). The van der Waals surface area contributed by atoms with Gasteiger partial charge in [0.15, 0.2) is 17.5 Å². The average Bonchev–Trinajstić information content (AvgIpc) is 2.67. The van der Waals surface area contributed by atoms with Crippen LogP contribution in [0.4, 0.5) is 11.4 Å². The van der Waals surface area contributed by atoms with Crippen LogP contribution in [0.3, 0.4) is 0 Å². The Morgan fingerprint density at radius 2 is 1.89 bits per heavy atom. The van der Waals surface area contributed by atoms with Gasteiger partial charge in [0.25, 0.3) is 0 Å². The normalized spacial score (nSPS) is 11.1. The van der Waals surface area contributed by atoms with Crippen LogP contribution < -0.4 is 25.0 Å². The van der Waals surface area contributed by atoms with Gasteiger partial charge >= 0.3 is 0 Å². The maximum absolute atomic E-state index is 5.65. The summed E-state index contributed by atoms with van der Waals surface area (Å²) in [6, 6.07) is 14.1.